The van der Waals surface area contributed by atoms with Crippen LogP contribution in [0.25, 0.3) is 21.8 Å². The summed E-state index contributed by atoms with van der Waals surface area (Å²) in [6.07, 6.45) is -0.612. The van der Waals surface area contributed by atoms with Crippen LogP contribution in [-0.4, -0.2) is 63.7 Å². The fourth-order valence-corrected chi connectivity index (χ4v) is 4.11. The van der Waals surface area contributed by atoms with Crippen LogP contribution in [0.15, 0.2) is 45.3 Å². The molecular weight excluding hydrogens is 464 g/mol. The summed E-state index contributed by atoms with van der Waals surface area (Å²) in [5.74, 6) is 0. The van der Waals surface area contributed by atoms with Crippen molar-refractivity contribution in [2.45, 2.75) is 12.6 Å². The van der Waals surface area contributed by atoms with E-state index in [0.717, 1.165) is 30.8 Å². The molecule has 3 aromatic rings. The number of rotatable bonds is 8. The minimum absolute atomic E-state index is 0.00412. The molecule has 0 aliphatic carbocycles. The Balaban J connectivity index is 1.95. The number of fused-ring (bicyclic) bond motifs is 3. The highest BCUT2D eigenvalue weighted by molar-refractivity contribution is 9.10. The Morgan fingerprint density at radius 1 is 0.885 bits per heavy atom. The van der Waals surface area contributed by atoms with Crippen LogP contribution in [-0.2, 0) is 6.54 Å². The zero-order valence-corrected chi connectivity index (χ0v) is 17.4. The van der Waals surface area contributed by atoms with E-state index >= 15 is 0 Å². The van der Waals surface area contributed by atoms with Gasteiger partial charge < -0.3 is 19.9 Å². The Morgan fingerprint density at radius 3 is 1.85 bits per heavy atom. The van der Waals surface area contributed by atoms with Gasteiger partial charge in [-0.15, -0.1) is 0 Å². The Hall–Kier alpha value is -0.960. The summed E-state index contributed by atoms with van der Waals surface area (Å²) in [6, 6.07) is 12.3. The van der Waals surface area contributed by atoms with Crippen molar-refractivity contribution in [2.75, 3.05) is 32.8 Å². The van der Waals surface area contributed by atoms with Gasteiger partial charge in [0, 0.05) is 50.4 Å². The van der Waals surface area contributed by atoms with Gasteiger partial charge in [0.05, 0.1) is 25.9 Å². The third-order valence-corrected chi connectivity index (χ3v) is 5.47. The zero-order chi connectivity index (χ0) is 18.7. The molecule has 3 rings (SSSR count). The summed E-state index contributed by atoms with van der Waals surface area (Å²) in [5.41, 5.74) is 2.13. The van der Waals surface area contributed by atoms with E-state index in [1.54, 1.807) is 0 Å². The summed E-state index contributed by atoms with van der Waals surface area (Å²) in [4.78, 5) is 1.87. The molecule has 0 saturated carbocycles. The molecule has 0 fully saturated rings. The first-order valence-corrected chi connectivity index (χ1v) is 10.1. The number of aliphatic hydroxyl groups is 3. The first kappa shape index (κ1) is 19.8. The van der Waals surface area contributed by atoms with Crippen molar-refractivity contribution < 1.29 is 15.3 Å². The monoisotopic (exact) mass is 484 g/mol. The van der Waals surface area contributed by atoms with Gasteiger partial charge in [-0.05, 0) is 36.4 Å². The topological polar surface area (TPSA) is 68.9 Å². The Morgan fingerprint density at radius 2 is 1.38 bits per heavy atom. The molecule has 140 valence electrons. The molecular formula is C19H22Br2N2O3. The maximum absolute atomic E-state index is 10.6. The number of benzene rings is 2. The third-order valence-electron chi connectivity index (χ3n) is 4.48. The van der Waals surface area contributed by atoms with Crippen LogP contribution >= 0.6 is 31.9 Å². The highest BCUT2D eigenvalue weighted by Crippen LogP contribution is 2.33. The van der Waals surface area contributed by atoms with Gasteiger partial charge in [-0.3, -0.25) is 4.90 Å². The predicted molar refractivity (Wildman–Crippen MR) is 111 cm³/mol. The zero-order valence-electron chi connectivity index (χ0n) is 14.3. The molecule has 3 N–H and O–H groups in total. The fourth-order valence-electron chi connectivity index (χ4n) is 3.39. The van der Waals surface area contributed by atoms with Crippen molar-refractivity contribution in [1.29, 1.82) is 0 Å². The van der Waals surface area contributed by atoms with E-state index in [0.29, 0.717) is 26.2 Å². The van der Waals surface area contributed by atoms with Gasteiger partial charge in [0.25, 0.3) is 0 Å². The maximum Gasteiger partial charge on any atom is 0.0846 e. The van der Waals surface area contributed by atoms with Crippen LogP contribution in [0, 0.1) is 0 Å². The molecule has 0 saturated heterocycles. The summed E-state index contributed by atoms with van der Waals surface area (Å²) in [7, 11) is 0. The predicted octanol–water partition coefficient (Wildman–Crippen LogP) is 2.97. The van der Waals surface area contributed by atoms with Crippen LogP contribution in [0.1, 0.15) is 0 Å². The Kier molecular flexibility index (Phi) is 6.71. The lowest BCUT2D eigenvalue weighted by Gasteiger charge is -2.24. The van der Waals surface area contributed by atoms with Crippen molar-refractivity contribution >= 4 is 53.7 Å². The van der Waals surface area contributed by atoms with Crippen LogP contribution in [0.2, 0.25) is 0 Å². The lowest BCUT2D eigenvalue weighted by atomic mass is 10.2. The van der Waals surface area contributed by atoms with Crippen LogP contribution in [0.4, 0.5) is 0 Å². The lowest BCUT2D eigenvalue weighted by molar-refractivity contribution is 0.0787. The number of hydrogen-bond donors (Lipinski definition) is 3. The molecule has 0 bridgehead atoms. The molecule has 0 spiro atoms. The Bertz CT molecular complexity index is 832. The first-order valence-electron chi connectivity index (χ1n) is 8.52. The minimum atomic E-state index is -0.612. The maximum atomic E-state index is 10.6. The molecule has 7 heteroatoms. The van der Waals surface area contributed by atoms with E-state index in [1.165, 1.54) is 0 Å². The van der Waals surface area contributed by atoms with Gasteiger partial charge in [0.2, 0.25) is 0 Å². The van der Waals surface area contributed by atoms with E-state index in [4.69, 9.17) is 10.2 Å². The molecule has 5 nitrogen and oxygen atoms in total. The SMILES string of the molecule is OCCN(CCO)C[C@H](O)Cn1c2ccc(Br)cc2c2cc(Br)ccc21. The van der Waals surface area contributed by atoms with E-state index in [9.17, 15) is 5.11 Å². The molecule has 0 aliphatic heterocycles. The van der Waals surface area contributed by atoms with Gasteiger partial charge >= 0.3 is 0 Å². The average Bonchev–Trinajstić information content (AvgIpc) is 2.88. The summed E-state index contributed by atoms with van der Waals surface area (Å²) >= 11 is 7.08. The second kappa shape index (κ2) is 8.82. The van der Waals surface area contributed by atoms with Crippen LogP contribution < -0.4 is 0 Å². The van der Waals surface area contributed by atoms with Crippen molar-refractivity contribution in [3.8, 4) is 0 Å². The van der Waals surface area contributed by atoms with Crippen molar-refractivity contribution in [3.63, 3.8) is 0 Å². The van der Waals surface area contributed by atoms with Gasteiger partial charge in [-0.25, -0.2) is 0 Å². The van der Waals surface area contributed by atoms with Crippen molar-refractivity contribution in [2.24, 2.45) is 0 Å². The summed E-state index contributed by atoms with van der Waals surface area (Å²) < 4.78 is 4.16. The number of aliphatic hydroxyl groups excluding tert-OH is 3. The van der Waals surface area contributed by atoms with Gasteiger partial charge in [-0.1, -0.05) is 31.9 Å². The normalized spacial score (nSPS) is 13.2. The van der Waals surface area contributed by atoms with E-state index in [-0.39, 0.29) is 13.2 Å². The molecule has 1 atom stereocenters. The quantitative estimate of drug-likeness (QED) is 0.458. The molecule has 1 heterocycles. The molecule has 26 heavy (non-hydrogen) atoms. The van der Waals surface area contributed by atoms with Crippen LogP contribution in [0.5, 0.6) is 0 Å². The van der Waals surface area contributed by atoms with Gasteiger partial charge in [0.15, 0.2) is 0 Å². The largest absolute Gasteiger partial charge is 0.395 e. The second-order valence-corrected chi connectivity index (χ2v) is 8.17. The molecule has 0 unspecified atom stereocenters. The summed E-state index contributed by atoms with van der Waals surface area (Å²) in [5, 5.41) is 31.2. The first-order chi connectivity index (χ1) is 12.5. The van der Waals surface area contributed by atoms with E-state index in [2.05, 4.69) is 60.7 Å². The standard InChI is InChI=1S/C19H22Br2N2O3/c20-13-1-3-18-16(9-13)17-10-14(21)2-4-19(17)23(18)12-15(26)11-22(5-7-24)6-8-25/h1-4,9-10,15,24-26H,5-8,11-12H2/t15-/m0/s1. The molecule has 0 aliphatic rings. The van der Waals surface area contributed by atoms with Gasteiger partial charge in [-0.2, -0.15) is 0 Å². The smallest absolute Gasteiger partial charge is 0.0846 e. The second-order valence-electron chi connectivity index (χ2n) is 6.34. The van der Waals surface area contributed by atoms with E-state index < -0.39 is 6.10 Å². The van der Waals surface area contributed by atoms with E-state index in [1.807, 2.05) is 17.0 Å². The fraction of sp³-hybridized carbons (Fsp3) is 0.368. The van der Waals surface area contributed by atoms with Crippen molar-refractivity contribution in [1.82, 2.24) is 9.47 Å². The molecule has 0 radical (unpaired) electrons. The third kappa shape index (κ3) is 4.30. The number of hydrogen-bond acceptors (Lipinski definition) is 4. The Labute approximate surface area is 169 Å². The molecule has 2 aromatic carbocycles. The average molecular weight is 486 g/mol. The van der Waals surface area contributed by atoms with Gasteiger partial charge in [0.1, 0.15) is 0 Å². The number of nitrogens with zero attached hydrogens (tertiary/aromatic N) is 2. The minimum Gasteiger partial charge on any atom is -0.395 e. The summed E-state index contributed by atoms with van der Waals surface area (Å²) in [6.45, 7) is 1.72. The van der Waals surface area contributed by atoms with Crippen LogP contribution in [0.3, 0.4) is 0 Å². The molecule has 0 amide bonds. The number of aromatic nitrogens is 1. The highest BCUT2D eigenvalue weighted by Gasteiger charge is 2.16. The number of halogens is 2. The lowest BCUT2D eigenvalue weighted by Crippen LogP contribution is -2.38. The molecule has 1 aromatic heterocycles. The van der Waals surface area contributed by atoms with Crippen molar-refractivity contribution in [3.05, 3.63) is 45.3 Å². The highest BCUT2D eigenvalue weighted by atomic mass is 79.9.